The lowest BCUT2D eigenvalue weighted by molar-refractivity contribution is -0.152. The summed E-state index contributed by atoms with van der Waals surface area (Å²) < 4.78 is 25.2. The van der Waals surface area contributed by atoms with E-state index < -0.39 is 35.8 Å². The first kappa shape index (κ1) is 23.2. The molecule has 0 saturated heterocycles. The number of fused-ring (bicyclic) bond motifs is 3. The number of benzene rings is 2. The predicted octanol–water partition coefficient (Wildman–Crippen LogP) is 2.77. The summed E-state index contributed by atoms with van der Waals surface area (Å²) in [6.07, 6.45) is 1.69. The van der Waals surface area contributed by atoms with Gasteiger partial charge in [0.25, 0.3) is 0 Å². The van der Waals surface area contributed by atoms with Gasteiger partial charge in [0, 0.05) is 24.9 Å². The molecule has 5 rings (SSSR count). The molecule has 2 aromatic carbocycles. The molecular weight excluding hydrogens is 449 g/mol. The van der Waals surface area contributed by atoms with E-state index in [0.29, 0.717) is 28.2 Å². The first-order chi connectivity index (χ1) is 17.0. The van der Waals surface area contributed by atoms with Gasteiger partial charge in [0.2, 0.25) is 0 Å². The molecule has 1 aromatic heterocycles. The predicted molar refractivity (Wildman–Crippen MR) is 126 cm³/mol. The van der Waals surface area contributed by atoms with Gasteiger partial charge in [-0.15, -0.1) is 0 Å². The fourth-order valence-corrected chi connectivity index (χ4v) is 5.89. The Morgan fingerprint density at radius 3 is 2.57 bits per heavy atom. The number of nitriles is 1. The van der Waals surface area contributed by atoms with Crippen molar-refractivity contribution in [3.8, 4) is 17.6 Å². The summed E-state index contributed by atoms with van der Waals surface area (Å²) in [4.78, 5) is 4.20. The van der Waals surface area contributed by atoms with Crippen LogP contribution < -0.4 is 14.8 Å². The van der Waals surface area contributed by atoms with Gasteiger partial charge in [-0.05, 0) is 23.3 Å². The minimum Gasteiger partial charge on any atom is -0.495 e. The lowest BCUT2D eigenvalue weighted by Gasteiger charge is -2.41. The maximum atomic E-state index is 12.9. The van der Waals surface area contributed by atoms with Gasteiger partial charge >= 0.3 is 0 Å². The van der Waals surface area contributed by atoms with Crippen molar-refractivity contribution in [1.82, 2.24) is 10.3 Å². The molecule has 35 heavy (non-hydrogen) atoms. The van der Waals surface area contributed by atoms with Crippen LogP contribution in [0, 0.1) is 17.2 Å². The standard InChI is InChI=1S/C27H26FN3O4/c1-34-21-15-31-16-22-24(21)26(33)25(32)20(14-30-12-11-28)23(18-5-3-2-4-6-18)27(26,35-22)19-9-7-17(13-29)8-10-19/h2-10,15-16,20,23,25,30,32-33H,11-12,14H2,1H3/t20-,23+,25-,26+,27+/m1/s1. The largest absolute Gasteiger partial charge is 0.495 e. The number of alkyl halides is 1. The number of nitrogens with one attached hydrogen (secondary N) is 1. The van der Waals surface area contributed by atoms with Crippen LogP contribution in [-0.2, 0) is 11.2 Å². The van der Waals surface area contributed by atoms with Crippen molar-refractivity contribution in [2.75, 3.05) is 26.9 Å². The van der Waals surface area contributed by atoms with Crippen LogP contribution in [0.5, 0.6) is 11.5 Å². The van der Waals surface area contributed by atoms with Crippen molar-refractivity contribution in [2.24, 2.45) is 5.92 Å². The van der Waals surface area contributed by atoms with E-state index in [1.165, 1.54) is 19.5 Å². The van der Waals surface area contributed by atoms with Crippen LogP contribution in [0.3, 0.4) is 0 Å². The van der Waals surface area contributed by atoms with Crippen LogP contribution in [0.1, 0.15) is 28.2 Å². The van der Waals surface area contributed by atoms with Gasteiger partial charge in [-0.25, -0.2) is 4.39 Å². The smallest absolute Gasteiger partial charge is 0.177 e. The molecule has 1 fully saturated rings. The van der Waals surface area contributed by atoms with Gasteiger partial charge in [-0.2, -0.15) is 5.26 Å². The highest BCUT2D eigenvalue weighted by Gasteiger charge is 2.76. The number of rotatable bonds is 7. The molecule has 0 amide bonds. The molecule has 2 heterocycles. The van der Waals surface area contributed by atoms with Gasteiger partial charge in [-0.1, -0.05) is 42.5 Å². The molecule has 8 heteroatoms. The molecule has 2 aliphatic rings. The summed E-state index contributed by atoms with van der Waals surface area (Å²) in [5, 5.41) is 36.9. The normalized spacial score (nSPS) is 28.6. The van der Waals surface area contributed by atoms with Gasteiger partial charge in [-0.3, -0.25) is 4.98 Å². The maximum absolute atomic E-state index is 12.9. The van der Waals surface area contributed by atoms with Crippen molar-refractivity contribution in [1.29, 1.82) is 5.26 Å². The van der Waals surface area contributed by atoms with Crippen LogP contribution in [-0.4, -0.2) is 48.2 Å². The third-order valence-corrected chi connectivity index (χ3v) is 7.27. The van der Waals surface area contributed by atoms with Crippen LogP contribution in [0.25, 0.3) is 0 Å². The van der Waals surface area contributed by atoms with E-state index in [0.717, 1.165) is 5.56 Å². The summed E-state index contributed by atoms with van der Waals surface area (Å²) in [5.41, 5.74) is -1.17. The number of aromatic nitrogens is 1. The van der Waals surface area contributed by atoms with Crippen LogP contribution >= 0.6 is 0 Å². The van der Waals surface area contributed by atoms with Crippen molar-refractivity contribution < 1.29 is 24.1 Å². The molecule has 0 spiro atoms. The quantitative estimate of drug-likeness (QED) is 0.451. The monoisotopic (exact) mass is 475 g/mol. The van der Waals surface area contributed by atoms with E-state index >= 15 is 0 Å². The van der Waals surface area contributed by atoms with E-state index in [9.17, 15) is 19.9 Å². The SMILES string of the molecule is COc1cncc2c1[C@]1(O)[C@H](O)[C@H](CNCCF)[C@H](c3ccccc3)[C@]1(c1ccc(C#N)cc1)O2. The van der Waals surface area contributed by atoms with E-state index in [1.807, 2.05) is 30.3 Å². The number of halogens is 1. The maximum Gasteiger partial charge on any atom is 0.177 e. The van der Waals surface area contributed by atoms with Gasteiger partial charge in [0.1, 0.15) is 18.2 Å². The number of aliphatic hydroxyl groups excluding tert-OH is 1. The first-order valence-corrected chi connectivity index (χ1v) is 11.5. The Balaban J connectivity index is 1.80. The van der Waals surface area contributed by atoms with E-state index in [-0.39, 0.29) is 13.1 Å². The zero-order valence-corrected chi connectivity index (χ0v) is 19.2. The minimum absolute atomic E-state index is 0.123. The van der Waals surface area contributed by atoms with Crippen LogP contribution in [0.15, 0.2) is 67.0 Å². The topological polar surface area (TPSA) is 108 Å². The van der Waals surface area contributed by atoms with Crippen LogP contribution in [0.2, 0.25) is 0 Å². The number of pyridine rings is 1. The number of hydrogen-bond acceptors (Lipinski definition) is 7. The Kier molecular flexibility index (Phi) is 5.93. The molecule has 1 aliphatic carbocycles. The third kappa shape index (κ3) is 3.23. The third-order valence-electron chi connectivity index (χ3n) is 7.27. The van der Waals surface area contributed by atoms with Crippen molar-refractivity contribution in [3.05, 3.63) is 89.2 Å². The summed E-state index contributed by atoms with van der Waals surface area (Å²) in [6, 6.07) is 18.5. The molecule has 0 bridgehead atoms. The number of aliphatic hydroxyl groups is 2. The Morgan fingerprint density at radius 1 is 1.17 bits per heavy atom. The molecule has 0 unspecified atom stereocenters. The Labute approximate surface area is 202 Å². The molecule has 3 aromatic rings. The molecule has 3 N–H and O–H groups in total. The lowest BCUT2D eigenvalue weighted by Crippen LogP contribution is -2.52. The molecule has 7 nitrogen and oxygen atoms in total. The zero-order valence-electron chi connectivity index (χ0n) is 19.2. The highest BCUT2D eigenvalue weighted by molar-refractivity contribution is 5.59. The Morgan fingerprint density at radius 2 is 1.91 bits per heavy atom. The van der Waals surface area contributed by atoms with Crippen molar-refractivity contribution in [3.63, 3.8) is 0 Å². The molecule has 0 radical (unpaired) electrons. The molecule has 5 atom stereocenters. The second-order valence-electron chi connectivity index (χ2n) is 8.90. The second-order valence-corrected chi connectivity index (χ2v) is 8.90. The average Bonchev–Trinajstić information content (AvgIpc) is 3.28. The lowest BCUT2D eigenvalue weighted by atomic mass is 9.70. The molecule has 1 saturated carbocycles. The second kappa shape index (κ2) is 8.93. The highest BCUT2D eigenvalue weighted by atomic mass is 19.1. The fraction of sp³-hybridized carbons (Fsp3) is 0.333. The number of nitrogens with zero attached hydrogens (tertiary/aromatic N) is 2. The van der Waals surface area contributed by atoms with E-state index in [4.69, 9.17) is 9.47 Å². The summed E-state index contributed by atoms with van der Waals surface area (Å²) in [5.74, 6) is -0.480. The van der Waals surface area contributed by atoms with Crippen molar-refractivity contribution >= 4 is 0 Å². The first-order valence-electron chi connectivity index (χ1n) is 11.5. The van der Waals surface area contributed by atoms with Crippen molar-refractivity contribution in [2.45, 2.75) is 23.2 Å². The number of methoxy groups -OCH3 is 1. The van der Waals surface area contributed by atoms with Crippen LogP contribution in [0.4, 0.5) is 4.39 Å². The minimum atomic E-state index is -1.92. The average molecular weight is 476 g/mol. The van der Waals surface area contributed by atoms with E-state index in [1.54, 1.807) is 24.3 Å². The fourth-order valence-electron chi connectivity index (χ4n) is 5.89. The van der Waals surface area contributed by atoms with Gasteiger partial charge < -0.3 is 25.0 Å². The molecular formula is C27H26FN3O4. The Bertz CT molecular complexity index is 1250. The number of hydrogen-bond donors (Lipinski definition) is 3. The summed E-state index contributed by atoms with van der Waals surface area (Å²) in [7, 11) is 1.47. The van der Waals surface area contributed by atoms with Gasteiger partial charge in [0.05, 0.1) is 42.8 Å². The van der Waals surface area contributed by atoms with E-state index in [2.05, 4.69) is 16.4 Å². The van der Waals surface area contributed by atoms with Gasteiger partial charge in [0.15, 0.2) is 11.2 Å². The molecule has 180 valence electrons. The summed E-state index contributed by atoms with van der Waals surface area (Å²) >= 11 is 0. The Hall–Kier alpha value is -3.51. The summed E-state index contributed by atoms with van der Waals surface area (Å²) in [6.45, 7) is -0.183. The molecule has 1 aliphatic heterocycles. The highest BCUT2D eigenvalue weighted by Crippen LogP contribution is 2.69. The zero-order chi connectivity index (χ0) is 24.6. The number of ether oxygens (including phenoxy) is 2.